The van der Waals surface area contributed by atoms with E-state index < -0.39 is 7.14 Å². The molecular weight excluding hydrogens is 447 g/mol. The van der Waals surface area contributed by atoms with Gasteiger partial charge in [0.05, 0.1) is 17.6 Å². The summed E-state index contributed by atoms with van der Waals surface area (Å²) in [6.07, 6.45) is 0. The van der Waals surface area contributed by atoms with Crippen LogP contribution in [0.2, 0.25) is 0 Å². The van der Waals surface area contributed by atoms with Gasteiger partial charge in [0.2, 0.25) is 0 Å². The smallest absolute Gasteiger partial charge is 0.187 e. The van der Waals surface area contributed by atoms with Crippen molar-refractivity contribution in [2.24, 2.45) is 0 Å². The maximum absolute atomic E-state index is 15.0. The quantitative estimate of drug-likeness (QED) is 0.200. The number of aromatic nitrogens is 1. The van der Waals surface area contributed by atoms with E-state index in [0.29, 0.717) is 5.69 Å². The minimum Gasteiger partial charge on any atom is -0.309 e. The molecule has 3 nitrogen and oxygen atoms in total. The Kier molecular flexibility index (Phi) is 4.18. The van der Waals surface area contributed by atoms with E-state index in [1.165, 1.54) is 0 Å². The number of nitrogens with zero attached hydrogens (tertiary/aromatic N) is 2. The van der Waals surface area contributed by atoms with Crippen LogP contribution in [0.15, 0.2) is 115 Å². The van der Waals surface area contributed by atoms with Gasteiger partial charge in [0.1, 0.15) is 0 Å². The first-order chi connectivity index (χ1) is 17.2. The second kappa shape index (κ2) is 7.31. The molecule has 0 fully saturated rings. The number of hydrogen-bond donors (Lipinski definition) is 0. The van der Waals surface area contributed by atoms with Crippen LogP contribution in [-0.2, 0) is 4.57 Å². The molecule has 0 saturated carbocycles. The van der Waals surface area contributed by atoms with Gasteiger partial charge in [0, 0.05) is 32.4 Å². The molecule has 164 valence electrons. The molecule has 1 aliphatic heterocycles. The predicted molar refractivity (Wildman–Crippen MR) is 145 cm³/mol. The number of fused-ring (bicyclic) bond motifs is 6. The molecule has 1 unspecified atom stereocenters. The van der Waals surface area contributed by atoms with Gasteiger partial charge in [0.25, 0.3) is 0 Å². The fourth-order valence-electron chi connectivity index (χ4n) is 5.46. The summed E-state index contributed by atoms with van der Waals surface area (Å²) in [5, 5.41) is 4.88. The minimum absolute atomic E-state index is 0.619. The molecule has 0 radical (unpaired) electrons. The molecule has 1 aliphatic rings. The molecule has 1 aromatic heterocycles. The molecular formula is C31H19N2OP. The molecule has 35 heavy (non-hydrogen) atoms. The lowest BCUT2D eigenvalue weighted by Gasteiger charge is -2.16. The van der Waals surface area contributed by atoms with E-state index in [4.69, 9.17) is 6.57 Å². The highest BCUT2D eigenvalue weighted by Crippen LogP contribution is 2.53. The van der Waals surface area contributed by atoms with Crippen molar-refractivity contribution in [3.8, 4) is 16.8 Å². The Balaban J connectivity index is 1.61. The van der Waals surface area contributed by atoms with Crippen molar-refractivity contribution in [1.29, 1.82) is 0 Å². The van der Waals surface area contributed by atoms with E-state index in [-0.39, 0.29) is 0 Å². The van der Waals surface area contributed by atoms with E-state index in [0.717, 1.165) is 54.5 Å². The van der Waals surface area contributed by atoms with Gasteiger partial charge in [0.15, 0.2) is 12.8 Å². The first-order valence-corrected chi connectivity index (χ1v) is 13.2. The number of benzene rings is 5. The molecule has 0 saturated heterocycles. The first-order valence-electron chi connectivity index (χ1n) is 11.5. The van der Waals surface area contributed by atoms with E-state index in [1.807, 2.05) is 84.9 Å². The zero-order valence-electron chi connectivity index (χ0n) is 18.7. The van der Waals surface area contributed by atoms with E-state index in [9.17, 15) is 4.57 Å². The predicted octanol–water partition coefficient (Wildman–Crippen LogP) is 6.95. The summed E-state index contributed by atoms with van der Waals surface area (Å²) in [6.45, 7) is 7.30. The lowest BCUT2D eigenvalue weighted by Crippen LogP contribution is -2.20. The van der Waals surface area contributed by atoms with Gasteiger partial charge in [-0.25, -0.2) is 4.85 Å². The monoisotopic (exact) mass is 466 g/mol. The van der Waals surface area contributed by atoms with Crippen LogP contribution in [0.4, 0.5) is 5.69 Å². The second-order valence-corrected chi connectivity index (χ2v) is 11.5. The Labute approximate surface area is 203 Å². The summed E-state index contributed by atoms with van der Waals surface area (Å²) in [5.41, 5.74) is 5.84. The fourth-order valence-corrected chi connectivity index (χ4v) is 8.53. The molecule has 4 heteroatoms. The van der Waals surface area contributed by atoms with Crippen LogP contribution in [0.1, 0.15) is 0 Å². The summed E-state index contributed by atoms with van der Waals surface area (Å²) < 4.78 is 17.2. The Morgan fingerprint density at radius 2 is 1.34 bits per heavy atom. The zero-order chi connectivity index (χ0) is 23.6. The van der Waals surface area contributed by atoms with Crippen LogP contribution < -0.4 is 15.9 Å². The third-order valence-corrected chi connectivity index (χ3v) is 10.2. The Morgan fingerprint density at radius 1 is 0.629 bits per heavy atom. The fraction of sp³-hybridized carbons (Fsp3) is 0. The number of rotatable bonds is 2. The van der Waals surface area contributed by atoms with Gasteiger partial charge in [-0.1, -0.05) is 84.9 Å². The standard InChI is InChI=1S/C31H19N2OP/c1-32-21-15-17-22(18-16-21)33-28-13-7-5-11-24(28)26-20-31-27(19-29(26)33)25-12-6-8-14-30(25)35(31,34)23-9-3-2-4-10-23/h2-20H. The molecule has 6 aromatic rings. The molecule has 0 N–H and O–H groups in total. The SMILES string of the molecule is [C-]#[N+]c1ccc(-n2c3ccccc3c3cc4c(cc32)-c2ccccc2P4(=O)c2ccccc2)cc1. The summed E-state index contributed by atoms with van der Waals surface area (Å²) in [4.78, 5) is 3.54. The lowest BCUT2D eigenvalue weighted by atomic mass is 10.0. The van der Waals surface area contributed by atoms with Crippen LogP contribution in [0.25, 0.3) is 43.5 Å². The maximum atomic E-state index is 15.0. The van der Waals surface area contributed by atoms with Crippen molar-refractivity contribution >= 4 is 50.5 Å². The highest BCUT2D eigenvalue weighted by atomic mass is 31.2. The van der Waals surface area contributed by atoms with Crippen molar-refractivity contribution in [2.75, 3.05) is 0 Å². The normalized spacial score (nSPS) is 16.2. The van der Waals surface area contributed by atoms with Gasteiger partial charge in [-0.3, -0.25) is 0 Å². The van der Waals surface area contributed by atoms with Crippen molar-refractivity contribution in [3.05, 3.63) is 127 Å². The molecule has 0 amide bonds. The Bertz CT molecular complexity index is 1880. The lowest BCUT2D eigenvalue weighted by molar-refractivity contribution is 0.593. The number of hydrogen-bond acceptors (Lipinski definition) is 1. The highest BCUT2D eigenvalue weighted by molar-refractivity contribution is 7.86. The molecule has 0 spiro atoms. The first kappa shape index (κ1) is 20.0. The molecule has 2 heterocycles. The highest BCUT2D eigenvalue weighted by Gasteiger charge is 2.40. The topological polar surface area (TPSA) is 26.4 Å². The Hall–Kier alpha value is -4.38. The summed E-state index contributed by atoms with van der Waals surface area (Å²) >= 11 is 0. The van der Waals surface area contributed by atoms with E-state index in [2.05, 4.69) is 39.7 Å². The van der Waals surface area contributed by atoms with E-state index >= 15 is 0 Å². The third kappa shape index (κ3) is 2.69. The van der Waals surface area contributed by atoms with Crippen LogP contribution in [0, 0.1) is 6.57 Å². The van der Waals surface area contributed by atoms with E-state index in [1.54, 1.807) is 0 Å². The summed E-state index contributed by atoms with van der Waals surface area (Å²) in [5.74, 6) is 0. The maximum Gasteiger partial charge on any atom is 0.187 e. The third-order valence-electron chi connectivity index (χ3n) is 7.02. The molecule has 1 atom stereocenters. The van der Waals surface area contributed by atoms with Crippen molar-refractivity contribution < 1.29 is 4.57 Å². The van der Waals surface area contributed by atoms with Gasteiger partial charge < -0.3 is 9.13 Å². The van der Waals surface area contributed by atoms with Crippen LogP contribution in [0.3, 0.4) is 0 Å². The van der Waals surface area contributed by atoms with Crippen molar-refractivity contribution in [1.82, 2.24) is 4.57 Å². The molecule has 0 bridgehead atoms. The van der Waals surface area contributed by atoms with Gasteiger partial charge in [-0.15, -0.1) is 0 Å². The van der Waals surface area contributed by atoms with Gasteiger partial charge in [-0.2, -0.15) is 0 Å². The molecule has 5 aromatic carbocycles. The van der Waals surface area contributed by atoms with Gasteiger partial charge >= 0.3 is 0 Å². The van der Waals surface area contributed by atoms with Crippen molar-refractivity contribution in [3.63, 3.8) is 0 Å². The number of para-hydroxylation sites is 1. The van der Waals surface area contributed by atoms with Crippen LogP contribution in [-0.4, -0.2) is 4.57 Å². The summed E-state index contributed by atoms with van der Waals surface area (Å²) in [6, 6.07) is 38.4. The minimum atomic E-state index is -3.00. The van der Waals surface area contributed by atoms with Crippen molar-refractivity contribution in [2.45, 2.75) is 0 Å². The zero-order valence-corrected chi connectivity index (χ0v) is 19.6. The Morgan fingerprint density at radius 3 is 2.14 bits per heavy atom. The average Bonchev–Trinajstić information content (AvgIpc) is 3.38. The average molecular weight is 466 g/mol. The van der Waals surface area contributed by atoms with Gasteiger partial charge in [-0.05, 0) is 41.5 Å². The largest absolute Gasteiger partial charge is 0.309 e. The van der Waals surface area contributed by atoms with Crippen LogP contribution >= 0.6 is 7.14 Å². The second-order valence-electron chi connectivity index (χ2n) is 8.83. The molecule has 7 rings (SSSR count). The van der Waals surface area contributed by atoms with Crippen LogP contribution in [0.5, 0.6) is 0 Å². The molecule has 0 aliphatic carbocycles. The summed E-state index contributed by atoms with van der Waals surface area (Å²) in [7, 11) is -3.00.